The Balaban J connectivity index is 2.34. The minimum Gasteiger partial charge on any atom is -0.0726 e. The second-order valence-corrected chi connectivity index (χ2v) is 5.14. The molecule has 2 aromatic carbocycles. The highest BCUT2D eigenvalue weighted by Gasteiger charge is 2.16. The van der Waals surface area contributed by atoms with Gasteiger partial charge < -0.3 is 0 Å². The fourth-order valence-corrected chi connectivity index (χ4v) is 2.98. The van der Waals surface area contributed by atoms with Crippen molar-refractivity contribution in [3.63, 3.8) is 0 Å². The van der Waals surface area contributed by atoms with Crippen molar-refractivity contribution in [1.29, 1.82) is 0 Å². The Morgan fingerprint density at radius 1 is 0.941 bits per heavy atom. The van der Waals surface area contributed by atoms with Crippen molar-refractivity contribution in [2.45, 2.75) is 33.1 Å². The first-order valence-corrected chi connectivity index (χ1v) is 6.45. The fraction of sp³-hybridized carbons (Fsp3) is 0.294. The van der Waals surface area contributed by atoms with E-state index in [4.69, 9.17) is 0 Å². The Labute approximate surface area is 103 Å². The maximum Gasteiger partial charge on any atom is -0.0146 e. The van der Waals surface area contributed by atoms with Crippen molar-refractivity contribution < 1.29 is 0 Å². The number of hydrogen-bond donors (Lipinski definition) is 0. The smallest absolute Gasteiger partial charge is 0.0146 e. The second-order valence-electron chi connectivity index (χ2n) is 5.14. The minimum absolute atomic E-state index is 1.23. The largest absolute Gasteiger partial charge is 0.0726 e. The molecule has 0 aliphatic heterocycles. The molecule has 0 heterocycles. The minimum atomic E-state index is 1.23. The SMILES string of the molecule is CC(C)=C1CCCc2c1ccc1ccccc21. The van der Waals surface area contributed by atoms with Crippen LogP contribution < -0.4 is 0 Å². The van der Waals surface area contributed by atoms with Crippen LogP contribution in [0.4, 0.5) is 0 Å². The molecule has 0 heteroatoms. The van der Waals surface area contributed by atoms with E-state index in [-0.39, 0.29) is 0 Å². The maximum absolute atomic E-state index is 2.32. The summed E-state index contributed by atoms with van der Waals surface area (Å²) in [4.78, 5) is 0. The monoisotopic (exact) mass is 222 g/mol. The number of hydrogen-bond acceptors (Lipinski definition) is 0. The highest BCUT2D eigenvalue weighted by Crippen LogP contribution is 2.36. The van der Waals surface area contributed by atoms with Gasteiger partial charge in [-0.05, 0) is 60.6 Å². The van der Waals surface area contributed by atoms with Crippen LogP contribution in [0.15, 0.2) is 42.0 Å². The standard InChI is InChI=1S/C17H18/c1-12(2)14-8-5-9-16-15-7-4-3-6-13(15)10-11-17(14)16/h3-4,6-7,10-11H,5,8-9H2,1-2H3. The van der Waals surface area contributed by atoms with E-state index >= 15 is 0 Å². The van der Waals surface area contributed by atoms with Crippen molar-refractivity contribution in [3.05, 3.63) is 53.1 Å². The van der Waals surface area contributed by atoms with Gasteiger partial charge in [-0.1, -0.05) is 42.0 Å². The number of benzene rings is 2. The van der Waals surface area contributed by atoms with Crippen LogP contribution in [0, 0.1) is 0 Å². The van der Waals surface area contributed by atoms with Crippen LogP contribution in [-0.4, -0.2) is 0 Å². The molecule has 0 amide bonds. The van der Waals surface area contributed by atoms with Crippen molar-refractivity contribution in [1.82, 2.24) is 0 Å². The van der Waals surface area contributed by atoms with Crippen LogP contribution in [0.1, 0.15) is 37.8 Å². The number of rotatable bonds is 0. The molecule has 0 fully saturated rings. The molecule has 0 bridgehead atoms. The molecule has 2 aromatic rings. The number of aryl methyl sites for hydroxylation is 1. The normalized spacial score (nSPS) is 14.8. The molecule has 1 aliphatic rings. The molecule has 0 N–H and O–H groups in total. The van der Waals surface area contributed by atoms with Crippen LogP contribution in [-0.2, 0) is 6.42 Å². The van der Waals surface area contributed by atoms with E-state index in [1.54, 1.807) is 11.1 Å². The molecule has 0 unspecified atom stereocenters. The molecule has 0 radical (unpaired) electrons. The summed E-state index contributed by atoms with van der Waals surface area (Å²) < 4.78 is 0. The molecule has 0 spiro atoms. The zero-order valence-corrected chi connectivity index (χ0v) is 10.6. The quantitative estimate of drug-likeness (QED) is 0.590. The van der Waals surface area contributed by atoms with Crippen LogP contribution >= 0.6 is 0 Å². The molecule has 0 saturated carbocycles. The van der Waals surface area contributed by atoms with E-state index in [1.165, 1.54) is 41.2 Å². The number of allylic oxidation sites excluding steroid dienone is 2. The zero-order valence-electron chi connectivity index (χ0n) is 10.6. The summed E-state index contributed by atoms with van der Waals surface area (Å²) in [6.07, 6.45) is 3.77. The summed E-state index contributed by atoms with van der Waals surface area (Å²) in [5, 5.41) is 2.82. The third kappa shape index (κ3) is 1.68. The van der Waals surface area contributed by atoms with Gasteiger partial charge in [0.2, 0.25) is 0 Å². The van der Waals surface area contributed by atoms with Crippen molar-refractivity contribution >= 4 is 16.3 Å². The van der Waals surface area contributed by atoms with Gasteiger partial charge >= 0.3 is 0 Å². The van der Waals surface area contributed by atoms with Gasteiger partial charge in [0, 0.05) is 0 Å². The summed E-state index contributed by atoms with van der Waals surface area (Å²) in [5.74, 6) is 0. The summed E-state index contributed by atoms with van der Waals surface area (Å²) >= 11 is 0. The lowest BCUT2D eigenvalue weighted by atomic mass is 9.83. The van der Waals surface area contributed by atoms with E-state index < -0.39 is 0 Å². The maximum atomic E-state index is 2.32. The summed E-state index contributed by atoms with van der Waals surface area (Å²) in [6, 6.07) is 13.3. The molecule has 0 atom stereocenters. The first kappa shape index (κ1) is 10.6. The topological polar surface area (TPSA) is 0 Å². The molecule has 86 valence electrons. The lowest BCUT2D eigenvalue weighted by molar-refractivity contribution is 0.824. The van der Waals surface area contributed by atoms with Gasteiger partial charge in [0.1, 0.15) is 0 Å². The summed E-state index contributed by atoms with van der Waals surface area (Å²) in [7, 11) is 0. The van der Waals surface area contributed by atoms with E-state index in [2.05, 4.69) is 50.2 Å². The Bertz CT molecular complexity index is 598. The van der Waals surface area contributed by atoms with Crippen LogP contribution in [0.25, 0.3) is 16.3 Å². The highest BCUT2D eigenvalue weighted by atomic mass is 14.2. The average Bonchev–Trinajstić information content (AvgIpc) is 2.37. The highest BCUT2D eigenvalue weighted by molar-refractivity contribution is 5.91. The van der Waals surface area contributed by atoms with Gasteiger partial charge in [-0.25, -0.2) is 0 Å². The van der Waals surface area contributed by atoms with Gasteiger partial charge in [0.25, 0.3) is 0 Å². The molecule has 0 saturated heterocycles. The first-order valence-electron chi connectivity index (χ1n) is 6.45. The first-order chi connectivity index (χ1) is 8.27. The third-order valence-electron chi connectivity index (χ3n) is 3.82. The van der Waals surface area contributed by atoms with Gasteiger partial charge in [-0.3, -0.25) is 0 Å². The summed E-state index contributed by atoms with van der Waals surface area (Å²) in [5.41, 5.74) is 6.10. The molecule has 3 rings (SSSR count). The Morgan fingerprint density at radius 3 is 2.59 bits per heavy atom. The van der Waals surface area contributed by atoms with Crippen LogP contribution in [0.2, 0.25) is 0 Å². The van der Waals surface area contributed by atoms with Gasteiger partial charge in [0.15, 0.2) is 0 Å². The van der Waals surface area contributed by atoms with Crippen molar-refractivity contribution in [2.24, 2.45) is 0 Å². The van der Waals surface area contributed by atoms with E-state index in [9.17, 15) is 0 Å². The molecule has 0 aromatic heterocycles. The predicted octanol–water partition coefficient (Wildman–Crippen LogP) is 4.97. The van der Waals surface area contributed by atoms with Gasteiger partial charge in [0.05, 0.1) is 0 Å². The predicted molar refractivity (Wildman–Crippen MR) is 75.2 cm³/mol. The van der Waals surface area contributed by atoms with E-state index in [1.807, 2.05) is 0 Å². The molecule has 0 nitrogen and oxygen atoms in total. The molecule has 1 aliphatic carbocycles. The van der Waals surface area contributed by atoms with Crippen LogP contribution in [0.3, 0.4) is 0 Å². The third-order valence-corrected chi connectivity index (χ3v) is 3.82. The summed E-state index contributed by atoms with van der Waals surface area (Å²) in [6.45, 7) is 4.47. The molecule has 17 heavy (non-hydrogen) atoms. The van der Waals surface area contributed by atoms with E-state index in [0.717, 1.165) is 0 Å². The molecular weight excluding hydrogens is 204 g/mol. The zero-order chi connectivity index (χ0) is 11.8. The number of fused-ring (bicyclic) bond motifs is 3. The fourth-order valence-electron chi connectivity index (χ4n) is 2.98. The van der Waals surface area contributed by atoms with Gasteiger partial charge in [-0.2, -0.15) is 0 Å². The Kier molecular flexibility index (Phi) is 2.51. The van der Waals surface area contributed by atoms with Gasteiger partial charge in [-0.15, -0.1) is 0 Å². The lowest BCUT2D eigenvalue weighted by Crippen LogP contribution is -2.03. The Morgan fingerprint density at radius 2 is 1.76 bits per heavy atom. The van der Waals surface area contributed by atoms with Crippen molar-refractivity contribution in [2.75, 3.05) is 0 Å². The molecular formula is C17H18. The van der Waals surface area contributed by atoms with Crippen LogP contribution in [0.5, 0.6) is 0 Å². The average molecular weight is 222 g/mol. The Hall–Kier alpha value is -1.56. The lowest BCUT2D eigenvalue weighted by Gasteiger charge is -2.22. The second kappa shape index (κ2) is 4.03. The van der Waals surface area contributed by atoms with Crippen molar-refractivity contribution in [3.8, 4) is 0 Å². The van der Waals surface area contributed by atoms with E-state index in [0.29, 0.717) is 0 Å².